The summed E-state index contributed by atoms with van der Waals surface area (Å²) < 4.78 is 0. The molecule has 1 aliphatic carbocycles. The van der Waals surface area contributed by atoms with Crippen molar-refractivity contribution < 1.29 is 4.79 Å². The van der Waals surface area contributed by atoms with Gasteiger partial charge in [0.2, 0.25) is 11.9 Å². The van der Waals surface area contributed by atoms with Crippen molar-refractivity contribution in [3.63, 3.8) is 0 Å². The lowest BCUT2D eigenvalue weighted by molar-refractivity contribution is -0.124. The smallest absolute Gasteiger partial charge is 0.235 e. The van der Waals surface area contributed by atoms with Crippen molar-refractivity contribution in [1.82, 2.24) is 15.0 Å². The number of nitrogens with one attached hydrogen (secondary N) is 1. The SMILES string of the molecule is Cc1cc(NC(=O)C2(c3ccc(-c4cnc(N)nc4)cc3)CCC2)ccn1. The maximum absolute atomic E-state index is 13.1. The summed E-state index contributed by atoms with van der Waals surface area (Å²) in [6.07, 6.45) is 7.88. The number of nitrogen functional groups attached to an aromatic ring is 1. The van der Waals surface area contributed by atoms with Crippen LogP contribution in [-0.4, -0.2) is 20.9 Å². The first-order chi connectivity index (χ1) is 13.1. The minimum Gasteiger partial charge on any atom is -0.368 e. The van der Waals surface area contributed by atoms with E-state index < -0.39 is 5.41 Å². The number of hydrogen-bond acceptors (Lipinski definition) is 5. The van der Waals surface area contributed by atoms with E-state index in [1.54, 1.807) is 18.6 Å². The summed E-state index contributed by atoms with van der Waals surface area (Å²) in [5.41, 5.74) is 9.68. The molecule has 1 aliphatic rings. The second kappa shape index (κ2) is 6.79. The topological polar surface area (TPSA) is 93.8 Å². The molecule has 6 heteroatoms. The Balaban J connectivity index is 1.58. The minimum absolute atomic E-state index is 0.0444. The van der Waals surface area contributed by atoms with Gasteiger partial charge in [0.1, 0.15) is 0 Å². The summed E-state index contributed by atoms with van der Waals surface area (Å²) >= 11 is 0. The number of rotatable bonds is 4. The number of aromatic nitrogens is 3. The quantitative estimate of drug-likeness (QED) is 0.744. The van der Waals surface area contributed by atoms with Gasteiger partial charge in [0, 0.05) is 35.5 Å². The van der Waals surface area contributed by atoms with Crippen LogP contribution in [0.4, 0.5) is 11.6 Å². The van der Waals surface area contributed by atoms with E-state index in [-0.39, 0.29) is 11.9 Å². The third-order valence-electron chi connectivity index (χ3n) is 5.24. The van der Waals surface area contributed by atoms with Gasteiger partial charge in [-0.25, -0.2) is 9.97 Å². The summed E-state index contributed by atoms with van der Waals surface area (Å²) in [5.74, 6) is 0.301. The van der Waals surface area contributed by atoms with Crippen molar-refractivity contribution in [2.45, 2.75) is 31.6 Å². The van der Waals surface area contributed by atoms with E-state index in [1.165, 1.54) is 0 Å². The summed E-state index contributed by atoms with van der Waals surface area (Å²) in [7, 11) is 0. The Labute approximate surface area is 157 Å². The second-order valence-corrected chi connectivity index (χ2v) is 6.98. The van der Waals surface area contributed by atoms with Gasteiger partial charge in [0.05, 0.1) is 5.41 Å². The highest BCUT2D eigenvalue weighted by Crippen LogP contribution is 2.45. The largest absolute Gasteiger partial charge is 0.368 e. The molecule has 1 fully saturated rings. The van der Waals surface area contributed by atoms with Gasteiger partial charge in [-0.05, 0) is 43.0 Å². The number of pyridine rings is 1. The molecule has 1 amide bonds. The Morgan fingerprint density at radius 1 is 1.04 bits per heavy atom. The van der Waals surface area contributed by atoms with E-state index in [0.717, 1.165) is 47.3 Å². The number of carbonyl (C=O) groups is 1. The third kappa shape index (κ3) is 3.26. The fourth-order valence-corrected chi connectivity index (χ4v) is 3.52. The van der Waals surface area contributed by atoms with Crippen LogP contribution in [0.2, 0.25) is 0 Å². The fourth-order valence-electron chi connectivity index (χ4n) is 3.52. The zero-order valence-electron chi connectivity index (χ0n) is 15.1. The van der Waals surface area contributed by atoms with Crippen LogP contribution in [-0.2, 0) is 10.2 Å². The Kier molecular flexibility index (Phi) is 4.32. The van der Waals surface area contributed by atoms with E-state index in [4.69, 9.17) is 5.73 Å². The van der Waals surface area contributed by atoms with Crippen molar-refractivity contribution in [1.29, 1.82) is 0 Å². The molecule has 3 N–H and O–H groups in total. The molecule has 0 unspecified atom stereocenters. The average molecular weight is 359 g/mol. The maximum atomic E-state index is 13.1. The summed E-state index contributed by atoms with van der Waals surface area (Å²) in [6.45, 7) is 1.91. The molecule has 2 heterocycles. The van der Waals surface area contributed by atoms with Crippen molar-refractivity contribution >= 4 is 17.5 Å². The van der Waals surface area contributed by atoms with Crippen LogP contribution in [0, 0.1) is 6.92 Å². The molecular formula is C21H21N5O. The highest BCUT2D eigenvalue weighted by molar-refractivity contribution is 6.00. The van der Waals surface area contributed by atoms with Crippen LogP contribution in [0.1, 0.15) is 30.5 Å². The second-order valence-electron chi connectivity index (χ2n) is 6.98. The first kappa shape index (κ1) is 17.1. The zero-order chi connectivity index (χ0) is 18.9. The van der Waals surface area contributed by atoms with Crippen LogP contribution in [0.3, 0.4) is 0 Å². The van der Waals surface area contributed by atoms with Gasteiger partial charge in [-0.1, -0.05) is 30.7 Å². The molecule has 1 saturated carbocycles. The van der Waals surface area contributed by atoms with Crippen LogP contribution in [0.25, 0.3) is 11.1 Å². The van der Waals surface area contributed by atoms with Crippen LogP contribution in [0.15, 0.2) is 55.0 Å². The van der Waals surface area contributed by atoms with E-state index in [9.17, 15) is 4.79 Å². The Morgan fingerprint density at radius 3 is 2.33 bits per heavy atom. The Bertz CT molecular complexity index is 963. The van der Waals surface area contributed by atoms with Gasteiger partial charge in [-0.3, -0.25) is 9.78 Å². The van der Waals surface area contributed by atoms with Gasteiger partial charge in [0.15, 0.2) is 0 Å². The van der Waals surface area contributed by atoms with Crippen molar-refractivity contribution in [2.75, 3.05) is 11.1 Å². The predicted molar refractivity (Wildman–Crippen MR) is 105 cm³/mol. The molecule has 0 aliphatic heterocycles. The van der Waals surface area contributed by atoms with Crippen molar-refractivity contribution in [3.05, 3.63) is 66.2 Å². The van der Waals surface area contributed by atoms with Gasteiger partial charge in [-0.2, -0.15) is 0 Å². The highest BCUT2D eigenvalue weighted by atomic mass is 16.2. The van der Waals surface area contributed by atoms with Gasteiger partial charge in [0.25, 0.3) is 0 Å². The summed E-state index contributed by atoms with van der Waals surface area (Å²) in [4.78, 5) is 25.3. The summed E-state index contributed by atoms with van der Waals surface area (Å²) in [5, 5.41) is 3.06. The molecule has 136 valence electrons. The van der Waals surface area contributed by atoms with Gasteiger partial charge < -0.3 is 11.1 Å². The first-order valence-electron chi connectivity index (χ1n) is 8.99. The number of carbonyl (C=O) groups excluding carboxylic acids is 1. The number of nitrogens with zero attached hydrogens (tertiary/aromatic N) is 3. The number of anilines is 2. The summed E-state index contributed by atoms with van der Waals surface area (Å²) in [6, 6.07) is 11.8. The number of benzene rings is 1. The third-order valence-corrected chi connectivity index (χ3v) is 5.24. The van der Waals surface area contributed by atoms with Crippen LogP contribution in [0.5, 0.6) is 0 Å². The number of aryl methyl sites for hydroxylation is 1. The molecule has 2 aromatic heterocycles. The lowest BCUT2D eigenvalue weighted by atomic mass is 9.63. The molecule has 0 spiro atoms. The lowest BCUT2D eigenvalue weighted by Gasteiger charge is -2.40. The average Bonchev–Trinajstić information content (AvgIpc) is 2.62. The maximum Gasteiger partial charge on any atom is 0.235 e. The Morgan fingerprint density at radius 2 is 1.74 bits per heavy atom. The van der Waals surface area contributed by atoms with E-state index in [1.807, 2.05) is 43.3 Å². The van der Waals surface area contributed by atoms with Crippen LogP contribution < -0.4 is 11.1 Å². The molecule has 0 radical (unpaired) electrons. The van der Waals surface area contributed by atoms with Crippen LogP contribution >= 0.6 is 0 Å². The number of hydrogen-bond donors (Lipinski definition) is 2. The van der Waals surface area contributed by atoms with Gasteiger partial charge >= 0.3 is 0 Å². The van der Waals surface area contributed by atoms with Crippen molar-refractivity contribution in [3.8, 4) is 11.1 Å². The molecule has 6 nitrogen and oxygen atoms in total. The fraction of sp³-hybridized carbons (Fsp3) is 0.238. The molecule has 0 atom stereocenters. The highest BCUT2D eigenvalue weighted by Gasteiger charge is 2.45. The molecule has 3 aromatic rings. The molecule has 27 heavy (non-hydrogen) atoms. The first-order valence-corrected chi connectivity index (χ1v) is 8.99. The molecule has 0 saturated heterocycles. The number of amides is 1. The predicted octanol–water partition coefficient (Wildman–Crippen LogP) is 3.49. The minimum atomic E-state index is -0.465. The molecular weight excluding hydrogens is 338 g/mol. The monoisotopic (exact) mass is 359 g/mol. The lowest BCUT2D eigenvalue weighted by Crippen LogP contribution is -2.46. The van der Waals surface area contributed by atoms with E-state index in [0.29, 0.717) is 0 Å². The van der Waals surface area contributed by atoms with E-state index >= 15 is 0 Å². The normalized spacial score (nSPS) is 15.0. The number of nitrogens with two attached hydrogens (primary N) is 1. The molecule has 4 rings (SSSR count). The zero-order valence-corrected chi connectivity index (χ0v) is 15.1. The standard InChI is InChI=1S/C21H21N5O/c1-14-11-18(7-10-23-14)26-19(27)21(8-2-9-21)17-5-3-15(4-6-17)16-12-24-20(22)25-13-16/h3-7,10-13H,2,8-9H2,1H3,(H2,22,24,25)(H,23,26,27). The van der Waals surface area contributed by atoms with Gasteiger partial charge in [-0.15, -0.1) is 0 Å². The van der Waals surface area contributed by atoms with Crippen molar-refractivity contribution in [2.24, 2.45) is 0 Å². The Hall–Kier alpha value is -3.28. The molecule has 1 aromatic carbocycles. The molecule has 0 bridgehead atoms. The van der Waals surface area contributed by atoms with E-state index in [2.05, 4.69) is 20.3 Å².